The number of carbonyl (C=O) groups excluding carboxylic acids is 2. The van der Waals surface area contributed by atoms with E-state index in [1.165, 1.54) is 0 Å². The fraction of sp³-hybridized carbons (Fsp3) is 0.556. The van der Waals surface area contributed by atoms with E-state index in [4.69, 9.17) is 11.6 Å². The molecule has 1 aromatic carbocycles. The van der Waals surface area contributed by atoms with Crippen LogP contribution in [0.5, 0.6) is 0 Å². The Morgan fingerprint density at radius 2 is 1.96 bits per heavy atom. The van der Waals surface area contributed by atoms with Crippen LogP contribution in [0.15, 0.2) is 24.3 Å². The topological polar surface area (TPSA) is 49.4 Å². The van der Waals surface area contributed by atoms with Gasteiger partial charge in [-0.25, -0.2) is 0 Å². The van der Waals surface area contributed by atoms with Crippen molar-refractivity contribution < 1.29 is 9.59 Å². The van der Waals surface area contributed by atoms with Gasteiger partial charge in [0.15, 0.2) is 0 Å². The molecular weight excluding hydrogens is 312 g/mol. The van der Waals surface area contributed by atoms with Gasteiger partial charge in [0.1, 0.15) is 6.04 Å². The van der Waals surface area contributed by atoms with Crippen molar-refractivity contribution in [1.29, 1.82) is 0 Å². The third kappa shape index (κ3) is 6.61. The highest BCUT2D eigenvalue weighted by atomic mass is 35.5. The van der Waals surface area contributed by atoms with E-state index in [1.807, 2.05) is 39.0 Å². The van der Waals surface area contributed by atoms with E-state index in [9.17, 15) is 9.59 Å². The lowest BCUT2D eigenvalue weighted by Gasteiger charge is -2.29. The molecule has 0 bridgehead atoms. The summed E-state index contributed by atoms with van der Waals surface area (Å²) < 4.78 is 0. The lowest BCUT2D eigenvalue weighted by atomic mass is 10.1. The number of hydrogen-bond acceptors (Lipinski definition) is 2. The van der Waals surface area contributed by atoms with Gasteiger partial charge in [-0.1, -0.05) is 44.5 Å². The second-order valence-electron chi connectivity index (χ2n) is 6.22. The molecule has 0 saturated carbocycles. The van der Waals surface area contributed by atoms with Crippen LogP contribution in [-0.2, 0) is 16.1 Å². The summed E-state index contributed by atoms with van der Waals surface area (Å²) in [5, 5.41) is 3.52. The zero-order chi connectivity index (χ0) is 17.4. The van der Waals surface area contributed by atoms with Crippen molar-refractivity contribution in [2.45, 2.75) is 53.1 Å². The Morgan fingerprint density at radius 1 is 1.26 bits per heavy atom. The molecule has 0 heterocycles. The molecule has 4 nitrogen and oxygen atoms in total. The molecule has 0 aromatic heterocycles. The van der Waals surface area contributed by atoms with Gasteiger partial charge in [0.2, 0.25) is 11.8 Å². The fourth-order valence-electron chi connectivity index (χ4n) is 2.22. The molecule has 0 aliphatic carbocycles. The smallest absolute Gasteiger partial charge is 0.242 e. The third-order valence-electron chi connectivity index (χ3n) is 3.56. The Hall–Kier alpha value is -1.55. The summed E-state index contributed by atoms with van der Waals surface area (Å²) in [5.74, 6) is 0.240. The van der Waals surface area contributed by atoms with Gasteiger partial charge in [0.05, 0.1) is 0 Å². The van der Waals surface area contributed by atoms with E-state index in [0.29, 0.717) is 30.5 Å². The highest BCUT2D eigenvalue weighted by Crippen LogP contribution is 2.15. The molecule has 1 rings (SSSR count). The van der Waals surface area contributed by atoms with Crippen LogP contribution in [0, 0.1) is 5.92 Å². The van der Waals surface area contributed by atoms with Crippen LogP contribution in [0.1, 0.15) is 46.1 Å². The minimum atomic E-state index is -0.508. The molecule has 0 spiro atoms. The molecule has 0 saturated heterocycles. The van der Waals surface area contributed by atoms with Crippen LogP contribution < -0.4 is 5.32 Å². The first-order valence-corrected chi connectivity index (χ1v) is 8.54. The molecule has 23 heavy (non-hydrogen) atoms. The molecular formula is C18H27ClN2O2. The summed E-state index contributed by atoms with van der Waals surface area (Å²) in [6.45, 7) is 8.80. The first-order chi connectivity index (χ1) is 10.8. The number of amides is 2. The number of nitrogens with one attached hydrogen (secondary N) is 1. The predicted molar refractivity (Wildman–Crippen MR) is 94.2 cm³/mol. The minimum absolute atomic E-state index is 0.0142. The van der Waals surface area contributed by atoms with E-state index in [-0.39, 0.29) is 11.8 Å². The monoisotopic (exact) mass is 338 g/mol. The molecule has 0 fully saturated rings. The van der Waals surface area contributed by atoms with E-state index in [0.717, 1.165) is 12.0 Å². The highest BCUT2D eigenvalue weighted by Gasteiger charge is 2.25. The van der Waals surface area contributed by atoms with Crippen molar-refractivity contribution in [2.24, 2.45) is 5.92 Å². The summed E-state index contributed by atoms with van der Waals surface area (Å²) in [6.07, 6.45) is 1.19. The number of carbonyl (C=O) groups is 2. The summed E-state index contributed by atoms with van der Waals surface area (Å²) in [7, 11) is 0. The van der Waals surface area contributed by atoms with Gasteiger partial charge in [-0.05, 0) is 37.0 Å². The first kappa shape index (κ1) is 19.5. The highest BCUT2D eigenvalue weighted by molar-refractivity contribution is 6.30. The van der Waals surface area contributed by atoms with Crippen molar-refractivity contribution in [3.63, 3.8) is 0 Å². The first-order valence-electron chi connectivity index (χ1n) is 8.16. The number of hydrogen-bond donors (Lipinski definition) is 1. The van der Waals surface area contributed by atoms with Crippen LogP contribution in [0.2, 0.25) is 5.02 Å². The zero-order valence-corrected chi connectivity index (χ0v) is 15.2. The van der Waals surface area contributed by atoms with Crippen molar-refractivity contribution in [1.82, 2.24) is 10.2 Å². The van der Waals surface area contributed by atoms with E-state index in [2.05, 4.69) is 5.32 Å². The average molecular weight is 339 g/mol. The van der Waals surface area contributed by atoms with Crippen LogP contribution in [-0.4, -0.2) is 29.3 Å². The van der Waals surface area contributed by atoms with Gasteiger partial charge in [-0.2, -0.15) is 0 Å². The van der Waals surface area contributed by atoms with E-state index >= 15 is 0 Å². The fourth-order valence-corrected chi connectivity index (χ4v) is 2.44. The Morgan fingerprint density at radius 3 is 2.52 bits per heavy atom. The van der Waals surface area contributed by atoms with Gasteiger partial charge < -0.3 is 10.2 Å². The van der Waals surface area contributed by atoms with Crippen molar-refractivity contribution in [3.05, 3.63) is 34.9 Å². The van der Waals surface area contributed by atoms with Crippen LogP contribution in [0.3, 0.4) is 0 Å². The van der Waals surface area contributed by atoms with Crippen LogP contribution >= 0.6 is 11.6 Å². The second-order valence-corrected chi connectivity index (χ2v) is 6.65. The quantitative estimate of drug-likeness (QED) is 0.786. The Labute approximate surface area is 144 Å². The SMILES string of the molecule is CCCC(=O)N(Cc1cccc(Cl)c1)[C@@H](C)C(=O)NCC(C)C. The molecule has 0 radical (unpaired) electrons. The Balaban J connectivity index is 2.86. The molecule has 1 aromatic rings. The van der Waals surface area contributed by atoms with Gasteiger partial charge >= 0.3 is 0 Å². The molecule has 0 aliphatic rings. The number of nitrogens with zero attached hydrogens (tertiary/aromatic N) is 1. The molecule has 0 unspecified atom stereocenters. The van der Waals surface area contributed by atoms with Crippen molar-refractivity contribution >= 4 is 23.4 Å². The average Bonchev–Trinajstić information content (AvgIpc) is 2.49. The largest absolute Gasteiger partial charge is 0.354 e. The van der Waals surface area contributed by atoms with Gasteiger partial charge in [0, 0.05) is 24.5 Å². The second kappa shape index (κ2) is 9.56. The standard InChI is InChI=1S/C18H27ClN2O2/c1-5-7-17(22)21(12-15-8-6-9-16(19)10-15)14(4)18(23)20-11-13(2)3/h6,8-10,13-14H,5,7,11-12H2,1-4H3,(H,20,23)/t14-/m0/s1. The zero-order valence-electron chi connectivity index (χ0n) is 14.4. The van der Waals surface area contributed by atoms with E-state index in [1.54, 1.807) is 17.9 Å². The Bertz CT molecular complexity index is 532. The van der Waals surface area contributed by atoms with Gasteiger partial charge in [0.25, 0.3) is 0 Å². The van der Waals surface area contributed by atoms with Gasteiger partial charge in [-0.3, -0.25) is 9.59 Å². The summed E-state index contributed by atoms with van der Waals surface area (Å²) >= 11 is 6.01. The Kier molecular flexibility index (Phi) is 8.10. The number of halogens is 1. The summed E-state index contributed by atoms with van der Waals surface area (Å²) in [5.41, 5.74) is 0.922. The number of rotatable bonds is 8. The molecule has 128 valence electrons. The van der Waals surface area contributed by atoms with Crippen LogP contribution in [0.25, 0.3) is 0 Å². The molecule has 1 N–H and O–H groups in total. The molecule has 5 heteroatoms. The molecule has 1 atom stereocenters. The predicted octanol–water partition coefficient (Wildman–Crippen LogP) is 3.63. The molecule has 0 aliphatic heterocycles. The maximum absolute atomic E-state index is 12.4. The number of benzene rings is 1. The van der Waals surface area contributed by atoms with Crippen molar-refractivity contribution in [2.75, 3.05) is 6.54 Å². The summed E-state index contributed by atoms with van der Waals surface area (Å²) in [4.78, 5) is 26.4. The minimum Gasteiger partial charge on any atom is -0.354 e. The van der Waals surface area contributed by atoms with Crippen molar-refractivity contribution in [3.8, 4) is 0 Å². The van der Waals surface area contributed by atoms with Gasteiger partial charge in [-0.15, -0.1) is 0 Å². The van der Waals surface area contributed by atoms with E-state index < -0.39 is 6.04 Å². The van der Waals surface area contributed by atoms with Crippen LogP contribution in [0.4, 0.5) is 0 Å². The normalized spacial score (nSPS) is 12.1. The lowest BCUT2D eigenvalue weighted by Crippen LogP contribution is -2.48. The maximum atomic E-state index is 12.4. The molecule has 2 amide bonds. The summed E-state index contributed by atoms with van der Waals surface area (Å²) in [6, 6.07) is 6.88. The maximum Gasteiger partial charge on any atom is 0.242 e. The lowest BCUT2D eigenvalue weighted by molar-refractivity contribution is -0.140. The third-order valence-corrected chi connectivity index (χ3v) is 3.79.